The van der Waals surface area contributed by atoms with Crippen LogP contribution in [0.1, 0.15) is 29.7 Å². The van der Waals surface area contributed by atoms with Crippen LogP contribution < -0.4 is 0 Å². The van der Waals surface area contributed by atoms with Gasteiger partial charge in [0.15, 0.2) is 0 Å². The van der Waals surface area contributed by atoms with Gasteiger partial charge in [-0.15, -0.1) is 11.3 Å². The Labute approximate surface area is 172 Å². The van der Waals surface area contributed by atoms with E-state index in [9.17, 15) is 14.0 Å². The molecule has 1 aliphatic heterocycles. The van der Waals surface area contributed by atoms with Crippen molar-refractivity contribution in [3.05, 3.63) is 58.5 Å². The molecule has 5 nitrogen and oxygen atoms in total. The molecule has 2 aliphatic rings. The Kier molecular flexibility index (Phi) is 5.32. The topological polar surface area (TPSA) is 53.0 Å². The predicted molar refractivity (Wildman–Crippen MR) is 113 cm³/mol. The Bertz CT molecular complexity index is 1080. The molecule has 150 valence electrons. The number of benzene rings is 1. The number of fused-ring (bicyclic) bond motifs is 2. The lowest BCUT2D eigenvalue weighted by Gasteiger charge is -2.25. The van der Waals surface area contributed by atoms with Crippen molar-refractivity contribution < 1.29 is 14.0 Å². The second kappa shape index (κ2) is 7.91. The van der Waals surface area contributed by atoms with Crippen molar-refractivity contribution in [3.8, 4) is 0 Å². The molecule has 0 saturated heterocycles. The van der Waals surface area contributed by atoms with E-state index in [0.29, 0.717) is 32.5 Å². The van der Waals surface area contributed by atoms with Crippen LogP contribution in [-0.2, 0) is 16.1 Å². The predicted octanol–water partition coefficient (Wildman–Crippen LogP) is 4.17. The first kappa shape index (κ1) is 19.5. The van der Waals surface area contributed by atoms with Gasteiger partial charge in [-0.05, 0) is 48.1 Å². The number of carbonyl (C=O) groups is 2. The van der Waals surface area contributed by atoms with Gasteiger partial charge in [0.25, 0.3) is 0 Å². The van der Waals surface area contributed by atoms with Crippen molar-refractivity contribution in [1.29, 1.82) is 0 Å². The van der Waals surface area contributed by atoms with Gasteiger partial charge in [0.1, 0.15) is 18.3 Å². The van der Waals surface area contributed by atoms with Gasteiger partial charge < -0.3 is 9.80 Å². The smallest absolute Gasteiger partial charge is 0.248 e. The van der Waals surface area contributed by atoms with E-state index in [-0.39, 0.29) is 17.5 Å². The highest BCUT2D eigenvalue weighted by Gasteiger charge is 2.22. The summed E-state index contributed by atoms with van der Waals surface area (Å²) < 4.78 is 14.5. The van der Waals surface area contributed by atoms with Crippen LogP contribution in [0.5, 0.6) is 0 Å². The molecule has 0 radical (unpaired) electrons. The number of likely N-dealkylation sites (N-methyl/N-ethyl adjacent to an activating group) is 1. The summed E-state index contributed by atoms with van der Waals surface area (Å²) in [5, 5.41) is 0.904. The molecule has 1 aliphatic carbocycles. The van der Waals surface area contributed by atoms with Crippen LogP contribution in [0, 0.1) is 12.7 Å². The van der Waals surface area contributed by atoms with E-state index in [1.165, 1.54) is 12.1 Å². The van der Waals surface area contributed by atoms with Crippen LogP contribution in [0.15, 0.2) is 47.2 Å². The van der Waals surface area contributed by atoms with E-state index in [2.05, 4.69) is 4.99 Å². The lowest BCUT2D eigenvalue weighted by molar-refractivity contribution is -0.125. The average molecular weight is 412 g/mol. The minimum atomic E-state index is -0.249. The summed E-state index contributed by atoms with van der Waals surface area (Å²) in [6.45, 7) is 2.86. The van der Waals surface area contributed by atoms with Gasteiger partial charge in [0.05, 0.1) is 6.54 Å². The standard InChI is InChI=1S/C22H22FN3O2S/c1-14-18-9-16(23)4-6-20(18)29-21(14)12-25(2)22(28)7-8-26-11-15-3-5-17(27)10-19(15)24-13-26/h4,6-9,11H,3,5,10,12-13H2,1-2H3/b8-7+. The molecule has 0 spiro atoms. The third kappa shape index (κ3) is 4.15. The van der Waals surface area contributed by atoms with Crippen LogP contribution in [0.25, 0.3) is 10.1 Å². The van der Waals surface area contributed by atoms with Crippen molar-refractivity contribution in [2.24, 2.45) is 4.99 Å². The highest BCUT2D eigenvalue weighted by atomic mass is 32.1. The second-order valence-electron chi connectivity index (χ2n) is 7.43. The van der Waals surface area contributed by atoms with Gasteiger partial charge in [-0.25, -0.2) is 4.39 Å². The van der Waals surface area contributed by atoms with E-state index in [4.69, 9.17) is 0 Å². The van der Waals surface area contributed by atoms with Crippen LogP contribution in [-0.4, -0.2) is 40.9 Å². The molecular weight excluding hydrogens is 389 g/mol. The highest BCUT2D eigenvalue weighted by Crippen LogP contribution is 2.32. The van der Waals surface area contributed by atoms with Crippen LogP contribution in [0.2, 0.25) is 0 Å². The summed E-state index contributed by atoms with van der Waals surface area (Å²) >= 11 is 1.59. The molecular formula is C22H22FN3O2S. The first-order valence-electron chi connectivity index (χ1n) is 9.53. The Morgan fingerprint density at radius 2 is 2.21 bits per heavy atom. The highest BCUT2D eigenvalue weighted by molar-refractivity contribution is 7.19. The van der Waals surface area contributed by atoms with Crippen molar-refractivity contribution in [2.75, 3.05) is 13.7 Å². The molecule has 7 heteroatoms. The van der Waals surface area contributed by atoms with Crippen molar-refractivity contribution in [2.45, 2.75) is 32.7 Å². The Hall–Kier alpha value is -2.80. The lowest BCUT2D eigenvalue weighted by atomic mass is 9.92. The third-order valence-electron chi connectivity index (χ3n) is 5.32. The zero-order valence-corrected chi connectivity index (χ0v) is 17.3. The Morgan fingerprint density at radius 3 is 3.03 bits per heavy atom. The number of Topliss-reactive ketones (excluding diaryl/α,β-unsaturated/α-hetero) is 1. The Morgan fingerprint density at radius 1 is 1.38 bits per heavy atom. The number of amides is 1. The number of halogens is 1. The first-order valence-corrected chi connectivity index (χ1v) is 10.3. The lowest BCUT2D eigenvalue weighted by Crippen LogP contribution is -2.27. The fraction of sp³-hybridized carbons (Fsp3) is 0.318. The maximum absolute atomic E-state index is 13.5. The van der Waals surface area contributed by atoms with E-state index >= 15 is 0 Å². The van der Waals surface area contributed by atoms with Gasteiger partial charge in [0, 0.05) is 53.7 Å². The molecule has 0 atom stereocenters. The van der Waals surface area contributed by atoms with E-state index < -0.39 is 0 Å². The summed E-state index contributed by atoms with van der Waals surface area (Å²) in [4.78, 5) is 33.1. The number of rotatable bonds is 4. The van der Waals surface area contributed by atoms with Crippen molar-refractivity contribution >= 4 is 38.8 Å². The number of aliphatic imine (C=N–C) groups is 1. The number of carbonyl (C=O) groups excluding carboxylic acids is 2. The quantitative estimate of drug-likeness (QED) is 0.710. The number of hydrogen-bond donors (Lipinski definition) is 0. The number of ketones is 1. The number of hydrogen-bond acceptors (Lipinski definition) is 5. The molecule has 1 fully saturated rings. The zero-order valence-electron chi connectivity index (χ0n) is 16.4. The van der Waals surface area contributed by atoms with Gasteiger partial charge >= 0.3 is 0 Å². The monoisotopic (exact) mass is 411 g/mol. The summed E-state index contributed by atoms with van der Waals surface area (Å²) in [5.41, 5.74) is 2.98. The normalized spacial score (nSPS) is 16.8. The SMILES string of the molecule is Cc1c(CN(C)C(=O)/C=C/N2C=C3CCC(=O)CC3=NC2)sc2ccc(F)cc12. The summed E-state index contributed by atoms with van der Waals surface area (Å²) in [6.07, 6.45) is 6.93. The fourth-order valence-corrected chi connectivity index (χ4v) is 4.82. The van der Waals surface area contributed by atoms with E-state index in [1.54, 1.807) is 41.6 Å². The third-order valence-corrected chi connectivity index (χ3v) is 6.58. The molecule has 1 aromatic heterocycles. The molecule has 1 amide bonds. The number of allylic oxidation sites excluding steroid dienone is 1. The number of nitrogens with zero attached hydrogens (tertiary/aromatic N) is 3. The zero-order chi connectivity index (χ0) is 20.5. The second-order valence-corrected chi connectivity index (χ2v) is 8.57. The number of aryl methyl sites for hydroxylation is 1. The molecule has 1 aromatic carbocycles. The van der Waals surface area contributed by atoms with Crippen LogP contribution >= 0.6 is 11.3 Å². The van der Waals surface area contributed by atoms with Gasteiger partial charge in [-0.1, -0.05) is 0 Å². The minimum Gasteiger partial charge on any atom is -0.337 e. The van der Waals surface area contributed by atoms with Crippen LogP contribution in [0.4, 0.5) is 4.39 Å². The van der Waals surface area contributed by atoms with Gasteiger partial charge in [0.2, 0.25) is 5.91 Å². The average Bonchev–Trinajstić information content (AvgIpc) is 3.01. The minimum absolute atomic E-state index is 0.111. The number of thiophene rings is 1. The fourth-order valence-electron chi connectivity index (χ4n) is 3.58. The van der Waals surface area contributed by atoms with Crippen molar-refractivity contribution in [1.82, 2.24) is 9.80 Å². The van der Waals surface area contributed by atoms with E-state index in [1.807, 2.05) is 18.0 Å². The molecule has 2 aromatic rings. The molecule has 2 heterocycles. The molecule has 1 saturated carbocycles. The molecule has 0 unspecified atom stereocenters. The van der Waals surface area contributed by atoms with Gasteiger partial charge in [-0.3, -0.25) is 14.6 Å². The van der Waals surface area contributed by atoms with Crippen LogP contribution in [0.3, 0.4) is 0 Å². The summed E-state index contributed by atoms with van der Waals surface area (Å²) in [7, 11) is 1.76. The summed E-state index contributed by atoms with van der Waals surface area (Å²) in [5.74, 6) is -0.123. The van der Waals surface area contributed by atoms with Gasteiger partial charge in [-0.2, -0.15) is 0 Å². The molecule has 0 bridgehead atoms. The molecule has 4 rings (SSSR count). The maximum atomic E-state index is 13.5. The van der Waals surface area contributed by atoms with E-state index in [0.717, 1.165) is 31.8 Å². The van der Waals surface area contributed by atoms with Crippen molar-refractivity contribution in [3.63, 3.8) is 0 Å². The Balaban J connectivity index is 1.41. The summed E-state index contributed by atoms with van der Waals surface area (Å²) in [6, 6.07) is 4.79. The first-order chi connectivity index (χ1) is 13.9. The molecule has 0 N–H and O–H groups in total. The molecule has 29 heavy (non-hydrogen) atoms. The maximum Gasteiger partial charge on any atom is 0.248 e. The largest absolute Gasteiger partial charge is 0.337 e.